The minimum Gasteiger partial charge on any atom is -0.381 e. The van der Waals surface area contributed by atoms with E-state index in [9.17, 15) is 12.8 Å². The first-order valence-electron chi connectivity index (χ1n) is 10.5. The van der Waals surface area contributed by atoms with Crippen molar-refractivity contribution in [2.24, 2.45) is 0 Å². The fourth-order valence-corrected chi connectivity index (χ4v) is 5.20. The number of nitriles is 1. The van der Waals surface area contributed by atoms with Crippen molar-refractivity contribution in [2.75, 3.05) is 18.4 Å². The van der Waals surface area contributed by atoms with Crippen LogP contribution in [0, 0.1) is 24.1 Å². The number of aryl methyl sites for hydroxylation is 1. The van der Waals surface area contributed by atoms with Gasteiger partial charge in [0, 0.05) is 25.3 Å². The van der Waals surface area contributed by atoms with Gasteiger partial charge in [-0.05, 0) is 67.3 Å². The van der Waals surface area contributed by atoms with Crippen molar-refractivity contribution >= 4 is 27.3 Å². The van der Waals surface area contributed by atoms with E-state index in [0.717, 1.165) is 31.1 Å². The number of benzene rings is 3. The highest BCUT2D eigenvalue weighted by atomic mass is 35.5. The zero-order valence-corrected chi connectivity index (χ0v) is 19.8. The summed E-state index contributed by atoms with van der Waals surface area (Å²) >= 11 is 5.98. The second-order valence-electron chi connectivity index (χ2n) is 7.66. The first-order chi connectivity index (χ1) is 15.8. The van der Waals surface area contributed by atoms with Gasteiger partial charge in [-0.2, -0.15) is 9.57 Å². The van der Waals surface area contributed by atoms with Gasteiger partial charge in [0.25, 0.3) is 0 Å². The second kappa shape index (κ2) is 11.3. The van der Waals surface area contributed by atoms with Gasteiger partial charge >= 0.3 is 0 Å². The van der Waals surface area contributed by atoms with Crippen molar-refractivity contribution in [3.63, 3.8) is 0 Å². The molecule has 33 heavy (non-hydrogen) atoms. The smallest absolute Gasteiger partial charge is 0.243 e. The van der Waals surface area contributed by atoms with E-state index in [-0.39, 0.29) is 4.90 Å². The van der Waals surface area contributed by atoms with Crippen LogP contribution in [0.4, 0.5) is 10.1 Å². The molecular formula is C25H25ClFN3O2S. The summed E-state index contributed by atoms with van der Waals surface area (Å²) in [7, 11) is -3.47. The quantitative estimate of drug-likeness (QED) is 0.500. The summed E-state index contributed by atoms with van der Waals surface area (Å²) in [6, 6.07) is 20.8. The van der Waals surface area contributed by atoms with E-state index in [1.807, 2.05) is 24.3 Å². The third kappa shape index (κ3) is 6.55. The summed E-state index contributed by atoms with van der Waals surface area (Å²) in [5.74, 6) is -0.518. The largest absolute Gasteiger partial charge is 0.381 e. The van der Waals surface area contributed by atoms with Crippen molar-refractivity contribution in [3.05, 3.63) is 94.3 Å². The van der Waals surface area contributed by atoms with Crippen LogP contribution in [0.15, 0.2) is 71.6 Å². The van der Waals surface area contributed by atoms with Crippen LogP contribution >= 0.6 is 11.6 Å². The lowest BCUT2D eigenvalue weighted by molar-refractivity contribution is 0.476. The average molecular weight is 486 g/mol. The van der Waals surface area contributed by atoms with Crippen LogP contribution in [0.3, 0.4) is 0 Å². The van der Waals surface area contributed by atoms with Crippen molar-refractivity contribution < 1.29 is 12.8 Å². The highest BCUT2D eigenvalue weighted by molar-refractivity contribution is 7.89. The predicted octanol–water partition coefficient (Wildman–Crippen LogP) is 5.74. The molecule has 0 bridgehead atoms. The van der Waals surface area contributed by atoms with Crippen molar-refractivity contribution in [1.29, 1.82) is 5.26 Å². The molecule has 1 aliphatic rings. The minimum absolute atomic E-state index is 0.0457. The van der Waals surface area contributed by atoms with Gasteiger partial charge in [0.15, 0.2) is 0 Å². The minimum atomic E-state index is -3.47. The third-order valence-electron chi connectivity index (χ3n) is 5.33. The highest BCUT2D eigenvalue weighted by Gasteiger charge is 2.27. The topological polar surface area (TPSA) is 73.2 Å². The van der Waals surface area contributed by atoms with Gasteiger partial charge in [0.05, 0.1) is 15.5 Å². The molecule has 0 amide bonds. The van der Waals surface area contributed by atoms with Crippen LogP contribution in [-0.2, 0) is 16.6 Å². The van der Waals surface area contributed by atoms with Crippen molar-refractivity contribution in [1.82, 2.24) is 4.31 Å². The number of hydrogen-bond donors (Lipinski definition) is 1. The molecule has 1 heterocycles. The van der Waals surface area contributed by atoms with E-state index in [0.29, 0.717) is 23.7 Å². The summed E-state index contributed by atoms with van der Waals surface area (Å²) in [5.41, 5.74) is 3.92. The maximum Gasteiger partial charge on any atom is 0.243 e. The Morgan fingerprint density at radius 3 is 2.42 bits per heavy atom. The molecular weight excluding hydrogens is 461 g/mol. The molecule has 0 unspecified atom stereocenters. The molecule has 0 spiro atoms. The number of sulfonamides is 1. The second-order valence-corrected chi connectivity index (χ2v) is 10.0. The van der Waals surface area contributed by atoms with Crippen LogP contribution in [0.25, 0.3) is 0 Å². The Hall–Kier alpha value is -2.92. The molecule has 1 N–H and O–H groups in total. The fraction of sp³-hybridized carbons (Fsp3) is 0.240. The van der Waals surface area contributed by atoms with E-state index in [4.69, 9.17) is 16.9 Å². The molecule has 172 valence electrons. The molecule has 3 aromatic carbocycles. The molecule has 1 saturated heterocycles. The summed E-state index contributed by atoms with van der Waals surface area (Å²) in [6.07, 6.45) is 1.77. The van der Waals surface area contributed by atoms with Crippen molar-refractivity contribution in [3.8, 4) is 6.07 Å². The molecule has 5 nitrogen and oxygen atoms in total. The van der Waals surface area contributed by atoms with E-state index < -0.39 is 15.8 Å². The monoisotopic (exact) mass is 485 g/mol. The standard InChI is InChI=1S/C15H13ClN2.C10H12FNO2S/c1-11-4-2-3-5-13(11)10-18-14-7-6-12(9-17)15(16)8-14;11-9-4-3-5-10(8-9)15(13,14)12-6-1-2-7-12/h2-8,18H,10H2,1H3;3-5,8H,1-2,6-7H2. The Bertz CT molecular complexity index is 1250. The SMILES string of the molecule is Cc1ccccc1CNc1ccc(C#N)c(Cl)c1.O=S(=O)(c1cccc(F)c1)N1CCCC1. The number of nitrogens with zero attached hydrogens (tertiary/aromatic N) is 2. The summed E-state index contributed by atoms with van der Waals surface area (Å²) in [5, 5.41) is 12.6. The number of anilines is 1. The van der Waals surface area contributed by atoms with Gasteiger partial charge in [-0.15, -0.1) is 0 Å². The highest BCUT2D eigenvalue weighted by Crippen LogP contribution is 2.22. The van der Waals surface area contributed by atoms with E-state index in [1.54, 1.807) is 12.1 Å². The lowest BCUT2D eigenvalue weighted by atomic mass is 10.1. The van der Waals surface area contributed by atoms with Crippen LogP contribution in [0.5, 0.6) is 0 Å². The molecule has 1 aliphatic heterocycles. The fourth-order valence-electron chi connectivity index (χ4n) is 3.43. The van der Waals surface area contributed by atoms with Crippen molar-refractivity contribution in [2.45, 2.75) is 31.2 Å². The van der Waals surface area contributed by atoms with Crippen LogP contribution in [-0.4, -0.2) is 25.8 Å². The van der Waals surface area contributed by atoms with E-state index in [1.165, 1.54) is 33.6 Å². The van der Waals surface area contributed by atoms with Crippen LogP contribution < -0.4 is 5.32 Å². The number of nitrogens with one attached hydrogen (secondary N) is 1. The van der Waals surface area contributed by atoms with Gasteiger partial charge in [-0.3, -0.25) is 0 Å². The van der Waals surface area contributed by atoms with Gasteiger partial charge in [-0.25, -0.2) is 12.8 Å². The van der Waals surface area contributed by atoms with E-state index >= 15 is 0 Å². The first kappa shape index (κ1) is 24.7. The van der Waals surface area contributed by atoms with Gasteiger partial charge in [-0.1, -0.05) is 41.9 Å². The van der Waals surface area contributed by atoms with Gasteiger partial charge in [0.1, 0.15) is 11.9 Å². The lowest BCUT2D eigenvalue weighted by Crippen LogP contribution is -2.27. The van der Waals surface area contributed by atoms with E-state index in [2.05, 4.69) is 24.4 Å². The first-order valence-corrected chi connectivity index (χ1v) is 12.4. The Morgan fingerprint density at radius 1 is 1.06 bits per heavy atom. The zero-order chi connectivity index (χ0) is 23.8. The van der Waals surface area contributed by atoms with Gasteiger partial charge < -0.3 is 5.32 Å². The normalized spacial score (nSPS) is 13.6. The van der Waals surface area contributed by atoms with Crippen LogP contribution in [0.1, 0.15) is 29.5 Å². The molecule has 0 atom stereocenters. The van der Waals surface area contributed by atoms with Crippen LogP contribution in [0.2, 0.25) is 5.02 Å². The summed E-state index contributed by atoms with van der Waals surface area (Å²) < 4.78 is 38.2. The average Bonchev–Trinajstić information content (AvgIpc) is 3.35. The molecule has 3 aromatic rings. The molecule has 1 fully saturated rings. The number of rotatable bonds is 5. The lowest BCUT2D eigenvalue weighted by Gasteiger charge is -2.15. The molecule has 0 saturated carbocycles. The Labute approximate surface area is 199 Å². The Kier molecular flexibility index (Phi) is 8.45. The predicted molar refractivity (Wildman–Crippen MR) is 129 cm³/mol. The maximum atomic E-state index is 12.9. The summed E-state index contributed by atoms with van der Waals surface area (Å²) in [6.45, 7) is 3.91. The molecule has 0 aromatic heterocycles. The molecule has 4 rings (SSSR count). The third-order valence-corrected chi connectivity index (χ3v) is 7.54. The number of hydrogen-bond acceptors (Lipinski definition) is 4. The summed E-state index contributed by atoms with van der Waals surface area (Å²) in [4.78, 5) is 0.0457. The molecule has 8 heteroatoms. The van der Waals surface area contributed by atoms with Gasteiger partial charge in [0.2, 0.25) is 10.0 Å². The molecule has 0 aliphatic carbocycles. The zero-order valence-electron chi connectivity index (χ0n) is 18.3. The Balaban J connectivity index is 0.000000189. The Morgan fingerprint density at radius 2 is 1.79 bits per heavy atom. The molecule has 0 radical (unpaired) electrons. The number of halogens is 2. The maximum absolute atomic E-state index is 12.9.